The van der Waals surface area contributed by atoms with Gasteiger partial charge in [0.25, 0.3) is 0 Å². The Morgan fingerprint density at radius 2 is 1.83 bits per heavy atom. The fraction of sp³-hybridized carbons (Fsp3) is 0.357. The number of aliphatic hydroxyl groups excluding tert-OH is 2. The van der Waals surface area contributed by atoms with Gasteiger partial charge in [-0.25, -0.2) is 0 Å². The number of nitrogens with zero attached hydrogens (tertiary/aromatic N) is 1. The molecule has 0 amide bonds. The molecule has 0 unspecified atom stereocenters. The van der Waals surface area contributed by atoms with E-state index < -0.39 is 5.54 Å². The van der Waals surface area contributed by atoms with Crippen LogP contribution in [-0.2, 0) is 6.54 Å². The van der Waals surface area contributed by atoms with Crippen molar-refractivity contribution in [2.24, 2.45) is 0 Å². The van der Waals surface area contributed by atoms with Gasteiger partial charge in [0.1, 0.15) is 0 Å². The van der Waals surface area contributed by atoms with Crippen molar-refractivity contribution in [2.45, 2.75) is 19.0 Å². The van der Waals surface area contributed by atoms with Crippen molar-refractivity contribution in [3.8, 4) is 0 Å². The van der Waals surface area contributed by atoms with Crippen LogP contribution in [0.3, 0.4) is 0 Å². The van der Waals surface area contributed by atoms with Gasteiger partial charge in [0.15, 0.2) is 0 Å². The van der Waals surface area contributed by atoms with Crippen molar-refractivity contribution in [2.75, 3.05) is 13.2 Å². The molecule has 2 aromatic rings. The fourth-order valence-corrected chi connectivity index (χ4v) is 1.67. The zero-order chi connectivity index (χ0) is 13.0. The third kappa shape index (κ3) is 2.85. The average Bonchev–Trinajstić information content (AvgIpc) is 2.44. The van der Waals surface area contributed by atoms with Crippen LogP contribution in [0.5, 0.6) is 0 Å². The first kappa shape index (κ1) is 13.0. The van der Waals surface area contributed by atoms with E-state index in [1.54, 1.807) is 6.92 Å². The summed E-state index contributed by atoms with van der Waals surface area (Å²) >= 11 is 0. The molecule has 0 aliphatic heterocycles. The van der Waals surface area contributed by atoms with Crippen molar-refractivity contribution < 1.29 is 10.2 Å². The van der Waals surface area contributed by atoms with Crippen LogP contribution in [-0.4, -0.2) is 33.9 Å². The van der Waals surface area contributed by atoms with Gasteiger partial charge in [-0.2, -0.15) is 0 Å². The number of hydrogen-bond donors (Lipinski definition) is 3. The molecule has 0 saturated carbocycles. The van der Waals surface area contributed by atoms with Gasteiger partial charge in [-0.05, 0) is 19.1 Å². The molecular formula is C14H18N2O2. The second-order valence-corrected chi connectivity index (χ2v) is 4.73. The van der Waals surface area contributed by atoms with Gasteiger partial charge in [-0.1, -0.05) is 24.3 Å². The molecule has 3 N–H and O–H groups in total. The minimum absolute atomic E-state index is 0.114. The summed E-state index contributed by atoms with van der Waals surface area (Å²) in [5.41, 5.74) is 1.17. The molecule has 0 bridgehead atoms. The van der Waals surface area contributed by atoms with E-state index in [0.29, 0.717) is 6.54 Å². The summed E-state index contributed by atoms with van der Waals surface area (Å²) in [6.07, 6.45) is 0. The fourth-order valence-electron chi connectivity index (χ4n) is 1.67. The summed E-state index contributed by atoms with van der Waals surface area (Å²) in [7, 11) is 0. The second kappa shape index (κ2) is 5.44. The molecule has 1 aromatic carbocycles. The van der Waals surface area contributed by atoms with Crippen molar-refractivity contribution in [1.29, 1.82) is 0 Å². The topological polar surface area (TPSA) is 65.4 Å². The van der Waals surface area contributed by atoms with E-state index in [9.17, 15) is 10.2 Å². The van der Waals surface area contributed by atoms with Crippen molar-refractivity contribution in [1.82, 2.24) is 10.3 Å². The SMILES string of the molecule is CC(CO)(CO)NCc1ccc2ccccc2n1. The Balaban J connectivity index is 2.12. The smallest absolute Gasteiger partial charge is 0.0705 e. The van der Waals surface area contributed by atoms with E-state index in [0.717, 1.165) is 16.6 Å². The van der Waals surface area contributed by atoms with E-state index >= 15 is 0 Å². The van der Waals surface area contributed by atoms with Crippen LogP contribution in [0.1, 0.15) is 12.6 Å². The summed E-state index contributed by atoms with van der Waals surface area (Å²) < 4.78 is 0. The molecule has 2 rings (SSSR count). The Morgan fingerprint density at radius 3 is 2.56 bits per heavy atom. The normalized spacial score (nSPS) is 11.9. The Hall–Kier alpha value is -1.49. The van der Waals surface area contributed by atoms with Crippen molar-refractivity contribution in [3.63, 3.8) is 0 Å². The zero-order valence-corrected chi connectivity index (χ0v) is 10.4. The molecule has 0 fully saturated rings. The molecule has 18 heavy (non-hydrogen) atoms. The summed E-state index contributed by atoms with van der Waals surface area (Å²) in [5, 5.41) is 22.6. The first-order valence-corrected chi connectivity index (χ1v) is 5.98. The van der Waals surface area contributed by atoms with E-state index in [-0.39, 0.29) is 13.2 Å². The number of aliphatic hydroxyl groups is 2. The third-order valence-corrected chi connectivity index (χ3v) is 3.05. The summed E-state index contributed by atoms with van der Waals surface area (Å²) in [4.78, 5) is 4.52. The van der Waals surface area contributed by atoms with Crippen LogP contribution in [0.25, 0.3) is 10.9 Å². The maximum Gasteiger partial charge on any atom is 0.0705 e. The summed E-state index contributed by atoms with van der Waals surface area (Å²) in [6, 6.07) is 11.9. The van der Waals surface area contributed by atoms with Crippen molar-refractivity contribution >= 4 is 10.9 Å². The largest absolute Gasteiger partial charge is 0.394 e. The highest BCUT2D eigenvalue weighted by molar-refractivity contribution is 5.78. The number of fused-ring (bicyclic) bond motifs is 1. The molecule has 0 aliphatic carbocycles. The minimum atomic E-state index is -0.673. The van der Waals surface area contributed by atoms with Gasteiger partial charge < -0.3 is 15.5 Å². The van der Waals surface area contributed by atoms with Gasteiger partial charge in [0.05, 0.1) is 30.0 Å². The van der Waals surface area contributed by atoms with Crippen LogP contribution in [0.2, 0.25) is 0 Å². The quantitative estimate of drug-likeness (QED) is 0.738. The Morgan fingerprint density at radius 1 is 1.11 bits per heavy atom. The first-order valence-electron chi connectivity index (χ1n) is 5.98. The predicted octanol–water partition coefficient (Wildman–Crippen LogP) is 1.07. The summed E-state index contributed by atoms with van der Waals surface area (Å²) in [5.74, 6) is 0. The van der Waals surface area contributed by atoms with Crippen LogP contribution >= 0.6 is 0 Å². The lowest BCUT2D eigenvalue weighted by Gasteiger charge is -2.26. The predicted molar refractivity (Wildman–Crippen MR) is 71.2 cm³/mol. The number of rotatable bonds is 5. The average molecular weight is 246 g/mol. The van der Waals surface area contributed by atoms with Crippen molar-refractivity contribution in [3.05, 3.63) is 42.1 Å². The molecule has 0 saturated heterocycles. The van der Waals surface area contributed by atoms with Crippen LogP contribution in [0.4, 0.5) is 0 Å². The lowest BCUT2D eigenvalue weighted by atomic mass is 10.1. The highest BCUT2D eigenvalue weighted by Crippen LogP contribution is 2.12. The van der Waals surface area contributed by atoms with E-state index in [1.807, 2.05) is 36.4 Å². The van der Waals surface area contributed by atoms with E-state index in [1.165, 1.54) is 0 Å². The number of nitrogens with one attached hydrogen (secondary N) is 1. The molecule has 1 aromatic heterocycles. The van der Waals surface area contributed by atoms with Crippen LogP contribution in [0, 0.1) is 0 Å². The van der Waals surface area contributed by atoms with Gasteiger partial charge in [-0.15, -0.1) is 0 Å². The maximum absolute atomic E-state index is 9.19. The number of pyridine rings is 1. The molecule has 1 heterocycles. The third-order valence-electron chi connectivity index (χ3n) is 3.05. The Bertz CT molecular complexity index is 524. The second-order valence-electron chi connectivity index (χ2n) is 4.73. The van der Waals surface area contributed by atoms with Crippen LogP contribution < -0.4 is 5.32 Å². The summed E-state index contributed by atoms with van der Waals surface area (Å²) in [6.45, 7) is 2.06. The first-order chi connectivity index (χ1) is 8.67. The van der Waals surface area contributed by atoms with Gasteiger partial charge >= 0.3 is 0 Å². The lowest BCUT2D eigenvalue weighted by molar-refractivity contribution is 0.103. The molecule has 4 nitrogen and oxygen atoms in total. The van der Waals surface area contributed by atoms with Gasteiger partial charge in [-0.3, -0.25) is 4.98 Å². The highest BCUT2D eigenvalue weighted by atomic mass is 16.3. The number of benzene rings is 1. The molecule has 0 radical (unpaired) electrons. The Kier molecular flexibility index (Phi) is 3.91. The molecule has 96 valence electrons. The zero-order valence-electron chi connectivity index (χ0n) is 10.4. The maximum atomic E-state index is 9.19. The van der Waals surface area contributed by atoms with Crippen LogP contribution in [0.15, 0.2) is 36.4 Å². The molecule has 0 aliphatic rings. The monoisotopic (exact) mass is 246 g/mol. The number of aromatic nitrogens is 1. The Labute approximate surface area is 106 Å². The molecule has 4 heteroatoms. The lowest BCUT2D eigenvalue weighted by Crippen LogP contribution is -2.48. The molecule has 0 spiro atoms. The van der Waals surface area contributed by atoms with E-state index in [2.05, 4.69) is 10.3 Å². The van der Waals surface area contributed by atoms with Gasteiger partial charge in [0.2, 0.25) is 0 Å². The molecular weight excluding hydrogens is 228 g/mol. The van der Waals surface area contributed by atoms with Gasteiger partial charge in [0, 0.05) is 11.9 Å². The highest BCUT2D eigenvalue weighted by Gasteiger charge is 2.21. The number of para-hydroxylation sites is 1. The van der Waals surface area contributed by atoms with E-state index in [4.69, 9.17) is 0 Å². The minimum Gasteiger partial charge on any atom is -0.394 e. The molecule has 0 atom stereocenters. The number of hydrogen-bond acceptors (Lipinski definition) is 4. The standard InChI is InChI=1S/C14H18N2O2/c1-14(9-17,10-18)15-8-12-7-6-11-4-2-3-5-13(11)16-12/h2-7,15,17-18H,8-10H2,1H3.